The first-order valence-corrected chi connectivity index (χ1v) is 9.12. The van der Waals surface area contributed by atoms with E-state index in [0.717, 1.165) is 37.0 Å². The van der Waals surface area contributed by atoms with E-state index in [2.05, 4.69) is 4.72 Å². The number of primary amides is 1. The third kappa shape index (κ3) is 3.59. The van der Waals surface area contributed by atoms with Gasteiger partial charge in [0.2, 0.25) is 10.0 Å². The molecule has 0 bridgehead atoms. The molecule has 0 spiro atoms. The van der Waals surface area contributed by atoms with Gasteiger partial charge in [-0.05, 0) is 25.8 Å². The zero-order valence-corrected chi connectivity index (χ0v) is 13.1. The molecular formula is C13H20N2O3S2. The summed E-state index contributed by atoms with van der Waals surface area (Å²) in [5, 5.41) is 0. The standard InChI is InChI=1S/C13H20N2O3S2/c1-9-12(8-11(19-9)13(14)16)20(17,18)15-10-6-4-2-3-5-7-10/h8,10,15H,2-7H2,1H3,(H2,14,16). The molecule has 0 radical (unpaired) electrons. The van der Waals surface area contributed by atoms with Gasteiger partial charge in [-0.15, -0.1) is 11.3 Å². The Hall–Kier alpha value is -0.920. The largest absolute Gasteiger partial charge is 0.365 e. The second-order valence-corrected chi connectivity index (χ2v) is 8.14. The molecule has 0 atom stereocenters. The lowest BCUT2D eigenvalue weighted by molar-refractivity contribution is 0.100. The van der Waals surface area contributed by atoms with Crippen LogP contribution in [0.25, 0.3) is 0 Å². The number of amides is 1. The van der Waals surface area contributed by atoms with E-state index in [-0.39, 0.29) is 15.8 Å². The fourth-order valence-electron chi connectivity index (χ4n) is 2.53. The molecule has 3 N–H and O–H groups in total. The van der Waals surface area contributed by atoms with Crippen molar-refractivity contribution in [3.05, 3.63) is 15.8 Å². The van der Waals surface area contributed by atoms with Crippen molar-refractivity contribution in [3.8, 4) is 0 Å². The van der Waals surface area contributed by atoms with E-state index in [1.54, 1.807) is 6.92 Å². The van der Waals surface area contributed by atoms with Gasteiger partial charge in [0.15, 0.2) is 0 Å². The molecule has 1 aliphatic rings. The van der Waals surface area contributed by atoms with Crippen LogP contribution in [0, 0.1) is 6.92 Å². The number of thiophene rings is 1. The number of carbonyl (C=O) groups is 1. The molecule has 20 heavy (non-hydrogen) atoms. The lowest BCUT2D eigenvalue weighted by Gasteiger charge is -2.16. The van der Waals surface area contributed by atoms with Gasteiger partial charge in [0.05, 0.1) is 9.77 Å². The summed E-state index contributed by atoms with van der Waals surface area (Å²) in [5.41, 5.74) is 5.20. The zero-order valence-electron chi connectivity index (χ0n) is 11.5. The molecule has 1 amide bonds. The molecule has 0 aromatic carbocycles. The molecule has 1 aliphatic carbocycles. The monoisotopic (exact) mass is 316 g/mol. The van der Waals surface area contributed by atoms with Crippen LogP contribution < -0.4 is 10.5 Å². The van der Waals surface area contributed by atoms with Gasteiger partial charge in [0.1, 0.15) is 0 Å². The van der Waals surface area contributed by atoms with Crippen LogP contribution in [-0.4, -0.2) is 20.4 Å². The fourth-order valence-corrected chi connectivity index (χ4v) is 5.28. The van der Waals surface area contributed by atoms with Crippen molar-refractivity contribution in [1.82, 2.24) is 4.72 Å². The van der Waals surface area contributed by atoms with Crippen LogP contribution in [0.4, 0.5) is 0 Å². The van der Waals surface area contributed by atoms with Crippen molar-refractivity contribution in [1.29, 1.82) is 0 Å². The van der Waals surface area contributed by atoms with Gasteiger partial charge in [0, 0.05) is 10.9 Å². The minimum Gasteiger partial charge on any atom is -0.365 e. The van der Waals surface area contributed by atoms with E-state index in [1.807, 2.05) is 0 Å². The number of carbonyl (C=O) groups excluding carboxylic acids is 1. The second kappa shape index (κ2) is 6.24. The van der Waals surface area contributed by atoms with E-state index in [0.29, 0.717) is 4.88 Å². The van der Waals surface area contributed by atoms with Crippen LogP contribution in [0.1, 0.15) is 53.1 Å². The first-order chi connectivity index (χ1) is 9.40. The summed E-state index contributed by atoms with van der Waals surface area (Å²) >= 11 is 1.12. The first-order valence-electron chi connectivity index (χ1n) is 6.83. The van der Waals surface area contributed by atoms with E-state index < -0.39 is 15.9 Å². The molecule has 1 heterocycles. The maximum absolute atomic E-state index is 12.4. The number of hydrogen-bond donors (Lipinski definition) is 2. The van der Waals surface area contributed by atoms with Crippen LogP contribution >= 0.6 is 11.3 Å². The normalized spacial score (nSPS) is 17.9. The summed E-state index contributed by atoms with van der Waals surface area (Å²) in [5.74, 6) is -0.589. The van der Waals surface area contributed by atoms with Crippen molar-refractivity contribution in [3.63, 3.8) is 0 Å². The van der Waals surface area contributed by atoms with Crippen LogP contribution in [0.5, 0.6) is 0 Å². The van der Waals surface area contributed by atoms with Crippen molar-refractivity contribution in [2.24, 2.45) is 5.73 Å². The summed E-state index contributed by atoms with van der Waals surface area (Å²) in [6, 6.07) is 1.38. The van der Waals surface area contributed by atoms with Crippen molar-refractivity contribution in [2.45, 2.75) is 56.4 Å². The van der Waals surface area contributed by atoms with Crippen molar-refractivity contribution >= 4 is 27.3 Å². The Labute approximate surface area is 123 Å². The summed E-state index contributed by atoms with van der Waals surface area (Å²) in [4.78, 5) is 12.2. The molecular weight excluding hydrogens is 296 g/mol. The molecule has 1 aromatic rings. The lowest BCUT2D eigenvalue weighted by Crippen LogP contribution is -2.34. The SMILES string of the molecule is Cc1sc(C(N)=O)cc1S(=O)(=O)NC1CCCCCC1. The number of nitrogens with one attached hydrogen (secondary N) is 1. The van der Waals surface area contributed by atoms with Crippen LogP contribution in [0.3, 0.4) is 0 Å². The van der Waals surface area contributed by atoms with E-state index in [9.17, 15) is 13.2 Å². The van der Waals surface area contributed by atoms with Crippen molar-refractivity contribution < 1.29 is 13.2 Å². The maximum atomic E-state index is 12.4. The van der Waals surface area contributed by atoms with Gasteiger partial charge < -0.3 is 5.73 Å². The Kier molecular flexibility index (Phi) is 4.82. The van der Waals surface area contributed by atoms with Gasteiger partial charge in [-0.25, -0.2) is 13.1 Å². The summed E-state index contributed by atoms with van der Waals surface area (Å²) in [6.07, 6.45) is 6.21. The minimum absolute atomic E-state index is 0.00109. The second-order valence-electron chi connectivity index (χ2n) is 5.21. The molecule has 5 nitrogen and oxygen atoms in total. The molecule has 112 valence electrons. The van der Waals surface area contributed by atoms with E-state index >= 15 is 0 Å². The number of aryl methyl sites for hydroxylation is 1. The Balaban J connectivity index is 2.19. The number of rotatable bonds is 4. The smallest absolute Gasteiger partial charge is 0.258 e. The number of nitrogens with two attached hydrogens (primary N) is 1. The molecule has 1 saturated carbocycles. The molecule has 1 aromatic heterocycles. The van der Waals surface area contributed by atoms with Gasteiger partial charge in [0.25, 0.3) is 5.91 Å². The summed E-state index contributed by atoms with van der Waals surface area (Å²) in [7, 11) is -3.57. The van der Waals surface area contributed by atoms with Gasteiger partial charge in [-0.1, -0.05) is 25.7 Å². The van der Waals surface area contributed by atoms with Crippen molar-refractivity contribution in [2.75, 3.05) is 0 Å². The van der Waals surface area contributed by atoms with Crippen LogP contribution in [-0.2, 0) is 10.0 Å². The Morgan fingerprint density at radius 2 is 1.90 bits per heavy atom. The molecule has 7 heteroatoms. The van der Waals surface area contributed by atoms with E-state index in [1.165, 1.54) is 18.9 Å². The van der Waals surface area contributed by atoms with Crippen LogP contribution in [0.2, 0.25) is 0 Å². The number of sulfonamides is 1. The third-order valence-electron chi connectivity index (χ3n) is 3.58. The van der Waals surface area contributed by atoms with E-state index in [4.69, 9.17) is 5.73 Å². The highest BCUT2D eigenvalue weighted by Crippen LogP contribution is 2.26. The average Bonchev–Trinajstić information content (AvgIpc) is 2.59. The number of hydrogen-bond acceptors (Lipinski definition) is 4. The topological polar surface area (TPSA) is 89.3 Å². The molecule has 0 aliphatic heterocycles. The van der Waals surface area contributed by atoms with Gasteiger partial charge in [-0.3, -0.25) is 4.79 Å². The molecule has 1 fully saturated rings. The fraction of sp³-hybridized carbons (Fsp3) is 0.615. The average molecular weight is 316 g/mol. The molecule has 0 saturated heterocycles. The van der Waals surface area contributed by atoms with Crippen LogP contribution in [0.15, 0.2) is 11.0 Å². The predicted octanol–water partition coefficient (Wildman–Crippen LogP) is 2.16. The third-order valence-corrected chi connectivity index (χ3v) is 6.42. The quantitative estimate of drug-likeness (QED) is 0.834. The highest BCUT2D eigenvalue weighted by Gasteiger charge is 2.25. The first kappa shape index (κ1) is 15.5. The summed E-state index contributed by atoms with van der Waals surface area (Å²) in [6.45, 7) is 1.69. The minimum atomic E-state index is -3.57. The zero-order chi connectivity index (χ0) is 14.8. The maximum Gasteiger partial charge on any atom is 0.258 e. The highest BCUT2D eigenvalue weighted by atomic mass is 32.2. The Morgan fingerprint density at radius 1 is 1.30 bits per heavy atom. The highest BCUT2D eigenvalue weighted by molar-refractivity contribution is 7.89. The predicted molar refractivity (Wildman–Crippen MR) is 79.4 cm³/mol. The summed E-state index contributed by atoms with van der Waals surface area (Å²) < 4.78 is 27.6. The van der Waals surface area contributed by atoms with Gasteiger partial charge >= 0.3 is 0 Å². The van der Waals surface area contributed by atoms with Gasteiger partial charge in [-0.2, -0.15) is 0 Å². The Bertz CT molecular complexity index is 585. The Morgan fingerprint density at radius 3 is 2.40 bits per heavy atom. The lowest BCUT2D eigenvalue weighted by atomic mass is 10.1. The molecule has 0 unspecified atom stereocenters. The molecule has 2 rings (SSSR count).